The summed E-state index contributed by atoms with van der Waals surface area (Å²) in [5.41, 5.74) is 0. The van der Waals surface area contributed by atoms with Crippen LogP contribution >= 0.6 is 8.69 Å². The molecule has 0 saturated carbocycles. The van der Waals surface area contributed by atoms with Crippen LogP contribution in [0.4, 0.5) is 4.20 Å². The molecule has 1 rings (SSSR count). The van der Waals surface area contributed by atoms with E-state index in [4.69, 9.17) is 0 Å². The van der Waals surface area contributed by atoms with Gasteiger partial charge in [-0.2, -0.15) is 4.20 Å². The quantitative estimate of drug-likeness (QED) is 0.457. The van der Waals surface area contributed by atoms with E-state index in [1.807, 2.05) is 0 Å². The fraction of sp³-hybridized carbons (Fsp3) is 1.00. The zero-order valence-corrected chi connectivity index (χ0v) is 4.82. The summed E-state index contributed by atoms with van der Waals surface area (Å²) in [6.07, 6.45) is -0.0453. The molecule has 1 aliphatic heterocycles. The highest BCUT2D eigenvalue weighted by molar-refractivity contribution is 7.41. The minimum absolute atomic E-state index is 0.0453. The minimum Gasteiger partial charge on any atom is -0.306 e. The van der Waals surface area contributed by atoms with Crippen molar-refractivity contribution in [2.45, 2.75) is 13.0 Å². The molecule has 1 heterocycles. The largest absolute Gasteiger partial charge is 0.375 e. The van der Waals surface area contributed by atoms with Gasteiger partial charge in [-0.1, -0.05) is 0 Å². The summed E-state index contributed by atoms with van der Waals surface area (Å²) in [5.74, 6) is 0. The predicted molar refractivity (Wildman–Crippen MR) is 24.5 cm³/mol. The molecule has 2 nitrogen and oxygen atoms in total. The monoisotopic (exact) mass is 124 g/mol. The van der Waals surface area contributed by atoms with Crippen molar-refractivity contribution in [1.29, 1.82) is 0 Å². The fourth-order valence-corrected chi connectivity index (χ4v) is 1.10. The molecule has 0 spiro atoms. The third-order valence-electron chi connectivity index (χ3n) is 0.674. The second-order valence-electron chi connectivity index (χ2n) is 1.42. The summed E-state index contributed by atoms with van der Waals surface area (Å²) in [5, 5.41) is 0. The van der Waals surface area contributed by atoms with Crippen molar-refractivity contribution >= 4 is 8.69 Å². The average molecular weight is 124 g/mol. The van der Waals surface area contributed by atoms with Crippen LogP contribution in [0, 0.1) is 0 Å². The molecule has 0 bridgehead atoms. The van der Waals surface area contributed by atoms with Crippen molar-refractivity contribution in [2.24, 2.45) is 0 Å². The standard InChI is InChI=1S/C3H6FO2P/c1-3-2-5-7(4)6-3/h3H,2H2,1H3. The van der Waals surface area contributed by atoms with Crippen molar-refractivity contribution < 1.29 is 13.2 Å². The molecule has 1 saturated heterocycles. The van der Waals surface area contributed by atoms with Gasteiger partial charge in [0.2, 0.25) is 0 Å². The van der Waals surface area contributed by atoms with Gasteiger partial charge >= 0.3 is 8.69 Å². The predicted octanol–water partition coefficient (Wildman–Crippen LogP) is 1.62. The Morgan fingerprint density at radius 2 is 2.57 bits per heavy atom. The van der Waals surface area contributed by atoms with E-state index in [1.54, 1.807) is 6.92 Å². The van der Waals surface area contributed by atoms with Gasteiger partial charge in [-0.3, -0.25) is 0 Å². The summed E-state index contributed by atoms with van der Waals surface area (Å²) >= 11 is 0. The van der Waals surface area contributed by atoms with Crippen molar-refractivity contribution in [3.8, 4) is 0 Å². The second-order valence-corrected chi connectivity index (χ2v) is 2.32. The maximum absolute atomic E-state index is 11.8. The molecular formula is C3H6FO2P. The first-order chi connectivity index (χ1) is 3.29. The van der Waals surface area contributed by atoms with Crippen LogP contribution in [0.5, 0.6) is 0 Å². The Kier molecular flexibility index (Phi) is 1.57. The molecule has 42 valence electrons. The first-order valence-electron chi connectivity index (χ1n) is 2.04. The van der Waals surface area contributed by atoms with E-state index in [-0.39, 0.29) is 6.10 Å². The lowest BCUT2D eigenvalue weighted by Crippen LogP contribution is -1.99. The SMILES string of the molecule is CC1COP(F)O1. The molecule has 2 unspecified atom stereocenters. The van der Waals surface area contributed by atoms with Crippen molar-refractivity contribution in [2.75, 3.05) is 6.61 Å². The van der Waals surface area contributed by atoms with Crippen LogP contribution in [-0.4, -0.2) is 12.7 Å². The van der Waals surface area contributed by atoms with Gasteiger partial charge in [0.05, 0.1) is 12.7 Å². The number of rotatable bonds is 0. The molecule has 1 aliphatic rings. The van der Waals surface area contributed by atoms with Crippen LogP contribution in [0.1, 0.15) is 6.92 Å². The van der Waals surface area contributed by atoms with Gasteiger partial charge in [-0.15, -0.1) is 0 Å². The molecule has 0 amide bonds. The zero-order valence-electron chi connectivity index (χ0n) is 3.93. The number of hydrogen-bond donors (Lipinski definition) is 0. The molecule has 0 aromatic heterocycles. The highest BCUT2D eigenvalue weighted by Gasteiger charge is 2.22. The number of hydrogen-bond acceptors (Lipinski definition) is 2. The van der Waals surface area contributed by atoms with Gasteiger partial charge < -0.3 is 9.05 Å². The third kappa shape index (κ3) is 1.34. The molecule has 0 N–H and O–H groups in total. The summed E-state index contributed by atoms with van der Waals surface area (Å²) in [7, 11) is -2.00. The van der Waals surface area contributed by atoms with Crippen molar-refractivity contribution in [1.82, 2.24) is 0 Å². The van der Waals surface area contributed by atoms with Gasteiger partial charge in [-0.25, -0.2) is 0 Å². The Hall–Kier alpha value is 0.280. The van der Waals surface area contributed by atoms with E-state index in [0.29, 0.717) is 6.61 Å². The molecule has 1 fully saturated rings. The van der Waals surface area contributed by atoms with E-state index in [0.717, 1.165) is 0 Å². The number of halogens is 1. The van der Waals surface area contributed by atoms with E-state index < -0.39 is 8.69 Å². The van der Waals surface area contributed by atoms with Gasteiger partial charge in [-0.05, 0) is 6.92 Å². The van der Waals surface area contributed by atoms with E-state index >= 15 is 0 Å². The van der Waals surface area contributed by atoms with E-state index in [1.165, 1.54) is 0 Å². The zero-order chi connectivity index (χ0) is 5.28. The molecular weight excluding hydrogens is 118 g/mol. The smallest absolute Gasteiger partial charge is 0.306 e. The Labute approximate surface area is 42.7 Å². The molecule has 0 aromatic rings. The average Bonchev–Trinajstić information content (AvgIpc) is 1.87. The molecule has 0 aliphatic carbocycles. The maximum Gasteiger partial charge on any atom is 0.375 e. The first-order valence-corrected chi connectivity index (χ1v) is 3.11. The van der Waals surface area contributed by atoms with Crippen molar-refractivity contribution in [3.05, 3.63) is 0 Å². The van der Waals surface area contributed by atoms with Gasteiger partial charge in [0, 0.05) is 0 Å². The molecule has 0 aromatic carbocycles. The van der Waals surface area contributed by atoms with E-state index in [2.05, 4.69) is 9.05 Å². The topological polar surface area (TPSA) is 18.5 Å². The van der Waals surface area contributed by atoms with Crippen LogP contribution in [0.15, 0.2) is 0 Å². The van der Waals surface area contributed by atoms with Crippen LogP contribution in [0.2, 0.25) is 0 Å². The normalized spacial score (nSPS) is 42.0. The summed E-state index contributed by atoms with van der Waals surface area (Å²) in [6.45, 7) is 2.18. The summed E-state index contributed by atoms with van der Waals surface area (Å²) in [4.78, 5) is 0. The lowest BCUT2D eigenvalue weighted by atomic mass is 10.5. The maximum atomic E-state index is 11.8. The van der Waals surface area contributed by atoms with Crippen LogP contribution < -0.4 is 0 Å². The molecule has 7 heavy (non-hydrogen) atoms. The van der Waals surface area contributed by atoms with Crippen LogP contribution in [0.3, 0.4) is 0 Å². The Morgan fingerprint density at radius 1 is 1.86 bits per heavy atom. The van der Waals surface area contributed by atoms with Gasteiger partial charge in [0.15, 0.2) is 0 Å². The lowest BCUT2D eigenvalue weighted by Gasteiger charge is -1.92. The first kappa shape index (κ1) is 5.42. The lowest BCUT2D eigenvalue weighted by molar-refractivity contribution is 0.260. The fourth-order valence-electron chi connectivity index (χ4n) is 0.366. The highest BCUT2D eigenvalue weighted by atomic mass is 31.2. The second kappa shape index (κ2) is 2.03. The highest BCUT2D eigenvalue weighted by Crippen LogP contribution is 2.46. The van der Waals surface area contributed by atoms with Crippen LogP contribution in [-0.2, 0) is 9.05 Å². The summed E-state index contributed by atoms with van der Waals surface area (Å²) < 4.78 is 20.8. The van der Waals surface area contributed by atoms with Gasteiger partial charge in [0.1, 0.15) is 0 Å². The van der Waals surface area contributed by atoms with Crippen LogP contribution in [0.25, 0.3) is 0 Å². The Morgan fingerprint density at radius 3 is 2.71 bits per heavy atom. The van der Waals surface area contributed by atoms with Gasteiger partial charge in [0.25, 0.3) is 0 Å². The van der Waals surface area contributed by atoms with E-state index in [9.17, 15) is 4.20 Å². The van der Waals surface area contributed by atoms with Crippen molar-refractivity contribution in [3.63, 3.8) is 0 Å². The molecule has 4 heteroatoms. The third-order valence-corrected chi connectivity index (χ3v) is 1.55. The minimum atomic E-state index is -2.00. The molecule has 0 radical (unpaired) electrons. The summed E-state index contributed by atoms with van der Waals surface area (Å²) in [6, 6.07) is 0. The Bertz CT molecular complexity index is 62.0. The Balaban J connectivity index is 2.26. The molecule has 2 atom stereocenters.